The Morgan fingerprint density at radius 1 is 1.32 bits per heavy atom. The molecule has 0 spiro atoms. The molecule has 0 radical (unpaired) electrons. The Morgan fingerprint density at radius 3 is 2.92 bits per heavy atom. The van der Waals surface area contributed by atoms with Crippen molar-refractivity contribution in [3.05, 3.63) is 30.1 Å². The molecule has 3 rings (SSSR count). The highest BCUT2D eigenvalue weighted by atomic mass is 16.4. The van der Waals surface area contributed by atoms with E-state index in [-0.39, 0.29) is 17.9 Å². The normalized spacial score (nSPS) is 26.6. The van der Waals surface area contributed by atoms with Gasteiger partial charge in [0.2, 0.25) is 5.91 Å². The van der Waals surface area contributed by atoms with Crippen LogP contribution >= 0.6 is 0 Å². The van der Waals surface area contributed by atoms with Crippen molar-refractivity contribution in [3.8, 4) is 0 Å². The lowest BCUT2D eigenvalue weighted by Crippen LogP contribution is -2.34. The van der Waals surface area contributed by atoms with Crippen LogP contribution in [0.25, 0.3) is 0 Å². The third kappa shape index (κ3) is 4.78. The summed E-state index contributed by atoms with van der Waals surface area (Å²) in [4.78, 5) is 29.8. The highest BCUT2D eigenvalue weighted by Crippen LogP contribution is 2.31. The number of carboxylic acids is 1. The second-order valence-electron chi connectivity index (χ2n) is 7.20. The molecule has 25 heavy (non-hydrogen) atoms. The first kappa shape index (κ1) is 17.9. The number of hydrogen-bond donors (Lipinski definition) is 2. The Hall–Kier alpha value is -1.95. The number of aliphatic carboxylic acids is 1. The standard InChI is InChI=1S/C19H27N3O3/c23-18(21-16-8-7-14(12-16)19(24)25)6-3-11-22-10-2-5-17(22)15-4-1-9-20-13-15/h1,4,9,13-14,16-17H,2-3,5-8,10-12H2,(H,21,23)(H,24,25)/t14-,16+,17+/m1/s1. The highest BCUT2D eigenvalue weighted by molar-refractivity contribution is 5.76. The maximum Gasteiger partial charge on any atom is 0.306 e. The molecule has 2 N–H and O–H groups in total. The van der Waals surface area contributed by atoms with Crippen molar-refractivity contribution >= 4 is 11.9 Å². The average molecular weight is 345 g/mol. The number of aromatic nitrogens is 1. The van der Waals surface area contributed by atoms with Crippen LogP contribution in [0.3, 0.4) is 0 Å². The smallest absolute Gasteiger partial charge is 0.306 e. The zero-order valence-electron chi connectivity index (χ0n) is 14.6. The molecule has 136 valence electrons. The van der Waals surface area contributed by atoms with Crippen LogP contribution in [0.15, 0.2) is 24.5 Å². The molecule has 0 bridgehead atoms. The van der Waals surface area contributed by atoms with Crippen LogP contribution in [0.1, 0.15) is 56.6 Å². The summed E-state index contributed by atoms with van der Waals surface area (Å²) in [5.41, 5.74) is 1.26. The summed E-state index contributed by atoms with van der Waals surface area (Å²) in [6.45, 7) is 1.99. The van der Waals surface area contributed by atoms with E-state index in [4.69, 9.17) is 5.11 Å². The van der Waals surface area contributed by atoms with Crippen LogP contribution < -0.4 is 5.32 Å². The van der Waals surface area contributed by atoms with Gasteiger partial charge in [0.15, 0.2) is 0 Å². The summed E-state index contributed by atoms with van der Waals surface area (Å²) >= 11 is 0. The number of rotatable bonds is 7. The first-order valence-corrected chi connectivity index (χ1v) is 9.29. The molecule has 1 saturated heterocycles. The van der Waals surface area contributed by atoms with Gasteiger partial charge in [-0.1, -0.05) is 6.07 Å². The van der Waals surface area contributed by atoms with Gasteiger partial charge in [-0.25, -0.2) is 0 Å². The fourth-order valence-corrected chi connectivity index (χ4v) is 4.12. The van der Waals surface area contributed by atoms with Crippen LogP contribution in [-0.2, 0) is 9.59 Å². The Bertz CT molecular complexity index is 593. The predicted octanol–water partition coefficient (Wildman–Crippen LogP) is 2.37. The fourth-order valence-electron chi connectivity index (χ4n) is 4.12. The Morgan fingerprint density at radius 2 is 2.20 bits per heavy atom. The number of nitrogens with zero attached hydrogens (tertiary/aromatic N) is 2. The zero-order chi connectivity index (χ0) is 17.6. The van der Waals surface area contributed by atoms with Gasteiger partial charge in [0.05, 0.1) is 5.92 Å². The first-order valence-electron chi connectivity index (χ1n) is 9.29. The van der Waals surface area contributed by atoms with E-state index in [1.54, 1.807) is 6.20 Å². The predicted molar refractivity (Wildman–Crippen MR) is 93.9 cm³/mol. The molecule has 6 heteroatoms. The number of carbonyl (C=O) groups excluding carboxylic acids is 1. The van der Waals surface area contributed by atoms with E-state index in [2.05, 4.69) is 21.3 Å². The number of carboxylic acid groups (broad SMARTS) is 1. The molecular formula is C19H27N3O3. The summed E-state index contributed by atoms with van der Waals surface area (Å²) in [5, 5.41) is 12.0. The van der Waals surface area contributed by atoms with Gasteiger partial charge in [0.1, 0.15) is 0 Å². The number of likely N-dealkylation sites (tertiary alicyclic amines) is 1. The van der Waals surface area contributed by atoms with E-state index in [1.807, 2.05) is 12.3 Å². The molecule has 2 aliphatic rings. The molecule has 1 saturated carbocycles. The molecule has 1 aromatic heterocycles. The quantitative estimate of drug-likeness (QED) is 0.793. The lowest BCUT2D eigenvalue weighted by atomic mass is 10.1. The molecule has 0 unspecified atom stereocenters. The number of hydrogen-bond acceptors (Lipinski definition) is 4. The summed E-state index contributed by atoms with van der Waals surface area (Å²) < 4.78 is 0. The van der Waals surface area contributed by atoms with Crippen LogP contribution in [0.2, 0.25) is 0 Å². The van der Waals surface area contributed by atoms with Crippen molar-refractivity contribution in [2.75, 3.05) is 13.1 Å². The minimum Gasteiger partial charge on any atom is -0.481 e. The summed E-state index contributed by atoms with van der Waals surface area (Å²) in [6.07, 6.45) is 9.41. The van der Waals surface area contributed by atoms with Crippen LogP contribution in [0.4, 0.5) is 0 Å². The van der Waals surface area contributed by atoms with Gasteiger partial charge < -0.3 is 10.4 Å². The third-order valence-corrected chi connectivity index (χ3v) is 5.43. The lowest BCUT2D eigenvalue weighted by molar-refractivity contribution is -0.141. The van der Waals surface area contributed by atoms with E-state index in [1.165, 1.54) is 12.0 Å². The molecule has 1 aliphatic heterocycles. The minimum absolute atomic E-state index is 0.0310. The number of amides is 1. The van der Waals surface area contributed by atoms with Crippen molar-refractivity contribution in [2.45, 2.75) is 57.0 Å². The van der Waals surface area contributed by atoms with Crippen LogP contribution in [-0.4, -0.2) is 46.0 Å². The first-order chi connectivity index (χ1) is 12.1. The zero-order valence-corrected chi connectivity index (χ0v) is 14.6. The number of carbonyl (C=O) groups is 2. The van der Waals surface area contributed by atoms with Crippen molar-refractivity contribution in [1.82, 2.24) is 15.2 Å². The second kappa shape index (κ2) is 8.43. The van der Waals surface area contributed by atoms with Gasteiger partial charge in [0, 0.05) is 30.9 Å². The topological polar surface area (TPSA) is 82.5 Å². The molecule has 1 aliphatic carbocycles. The van der Waals surface area contributed by atoms with Crippen molar-refractivity contribution in [1.29, 1.82) is 0 Å². The SMILES string of the molecule is O=C(CCCN1CCC[C@H]1c1cccnc1)N[C@H]1CC[C@@H](C(=O)O)C1. The molecule has 1 amide bonds. The Labute approximate surface area is 148 Å². The Kier molecular flexibility index (Phi) is 6.02. The van der Waals surface area contributed by atoms with Gasteiger partial charge in [-0.05, 0) is 63.2 Å². The monoisotopic (exact) mass is 345 g/mol. The molecular weight excluding hydrogens is 318 g/mol. The highest BCUT2D eigenvalue weighted by Gasteiger charge is 2.30. The number of pyridine rings is 1. The molecule has 2 fully saturated rings. The maximum absolute atomic E-state index is 12.1. The van der Waals surface area contributed by atoms with Crippen molar-refractivity contribution in [3.63, 3.8) is 0 Å². The number of nitrogens with one attached hydrogen (secondary N) is 1. The van der Waals surface area contributed by atoms with Crippen molar-refractivity contribution in [2.24, 2.45) is 5.92 Å². The summed E-state index contributed by atoms with van der Waals surface area (Å²) in [5.74, 6) is -0.990. The van der Waals surface area contributed by atoms with Crippen LogP contribution in [0, 0.1) is 5.92 Å². The lowest BCUT2D eigenvalue weighted by Gasteiger charge is -2.24. The van der Waals surface area contributed by atoms with Crippen LogP contribution in [0.5, 0.6) is 0 Å². The fraction of sp³-hybridized carbons (Fsp3) is 0.632. The third-order valence-electron chi connectivity index (χ3n) is 5.43. The Balaban J connectivity index is 1.39. The maximum atomic E-state index is 12.1. The molecule has 1 aromatic rings. The molecule has 2 heterocycles. The second-order valence-corrected chi connectivity index (χ2v) is 7.20. The van der Waals surface area contributed by atoms with Crippen molar-refractivity contribution < 1.29 is 14.7 Å². The van der Waals surface area contributed by atoms with Gasteiger partial charge in [-0.3, -0.25) is 19.5 Å². The summed E-state index contributed by atoms with van der Waals surface area (Å²) in [7, 11) is 0. The largest absolute Gasteiger partial charge is 0.481 e. The van der Waals surface area contributed by atoms with E-state index in [0.29, 0.717) is 25.3 Å². The molecule has 6 nitrogen and oxygen atoms in total. The van der Waals surface area contributed by atoms with Gasteiger partial charge >= 0.3 is 5.97 Å². The molecule has 0 aromatic carbocycles. The van der Waals surface area contributed by atoms with Gasteiger partial charge in [-0.15, -0.1) is 0 Å². The van der Waals surface area contributed by atoms with E-state index in [0.717, 1.165) is 32.4 Å². The average Bonchev–Trinajstić information content (AvgIpc) is 3.25. The molecule has 3 atom stereocenters. The van der Waals surface area contributed by atoms with E-state index in [9.17, 15) is 9.59 Å². The van der Waals surface area contributed by atoms with E-state index >= 15 is 0 Å². The summed E-state index contributed by atoms with van der Waals surface area (Å²) in [6, 6.07) is 4.55. The minimum atomic E-state index is -0.743. The van der Waals surface area contributed by atoms with Gasteiger partial charge in [0.25, 0.3) is 0 Å². The van der Waals surface area contributed by atoms with Gasteiger partial charge in [-0.2, -0.15) is 0 Å². The van der Waals surface area contributed by atoms with E-state index < -0.39 is 5.97 Å².